The molecule has 2 aliphatic rings. The Hall–Kier alpha value is -1.52. The minimum Gasteiger partial charge on any atom is -0.461 e. The highest BCUT2D eigenvalue weighted by Gasteiger charge is 2.47. The molecule has 5 heteroatoms. The average Bonchev–Trinajstić information content (AvgIpc) is 2.68. The Morgan fingerprint density at radius 2 is 1.74 bits per heavy atom. The number of hydrogen-bond acceptors (Lipinski definition) is 5. The van der Waals surface area contributed by atoms with E-state index in [4.69, 9.17) is 9.47 Å². The van der Waals surface area contributed by atoms with Crippen molar-refractivity contribution in [2.75, 3.05) is 6.54 Å². The molecule has 0 aliphatic carbocycles. The first-order chi connectivity index (χ1) is 10.8. The molecule has 1 fully saturated rings. The molecular formula is C18H29NO4. The molecule has 0 bridgehead atoms. The van der Waals surface area contributed by atoms with E-state index in [-0.39, 0.29) is 24.1 Å². The largest absolute Gasteiger partial charge is 0.461 e. The predicted molar refractivity (Wildman–Crippen MR) is 87.7 cm³/mol. The lowest BCUT2D eigenvalue weighted by Gasteiger charge is -2.43. The van der Waals surface area contributed by atoms with Crippen LogP contribution in [-0.4, -0.2) is 41.1 Å². The van der Waals surface area contributed by atoms with Gasteiger partial charge in [0.15, 0.2) is 0 Å². The van der Waals surface area contributed by atoms with Crippen molar-refractivity contribution in [2.45, 2.75) is 84.0 Å². The topological polar surface area (TPSA) is 55.8 Å². The first-order valence-electron chi connectivity index (χ1n) is 8.74. The predicted octanol–water partition coefficient (Wildman–Crippen LogP) is 3.18. The van der Waals surface area contributed by atoms with E-state index in [1.807, 2.05) is 38.8 Å². The molecule has 130 valence electrons. The lowest BCUT2D eigenvalue weighted by atomic mass is 9.83. The van der Waals surface area contributed by atoms with Crippen molar-refractivity contribution >= 4 is 11.9 Å². The van der Waals surface area contributed by atoms with Crippen molar-refractivity contribution in [1.82, 2.24) is 4.90 Å². The first kappa shape index (κ1) is 17.8. The fourth-order valence-corrected chi connectivity index (χ4v) is 3.37. The molecule has 0 saturated carbocycles. The standard InChI is InChI=1S/C18H29NO4/c1-13(2)22-16(20)15-8-10-18(17(21)23-14(3)4)9-6-5-7-11-19(18)12-15/h12-14H,5-11H2,1-4H3/t18-/m0/s1. The maximum Gasteiger partial charge on any atom is 0.335 e. The molecule has 23 heavy (non-hydrogen) atoms. The van der Waals surface area contributed by atoms with Crippen molar-refractivity contribution in [3.05, 3.63) is 11.8 Å². The van der Waals surface area contributed by atoms with Crippen LogP contribution < -0.4 is 0 Å². The molecule has 5 nitrogen and oxygen atoms in total. The summed E-state index contributed by atoms with van der Waals surface area (Å²) in [6, 6.07) is 0. The number of rotatable bonds is 4. The molecule has 0 N–H and O–H groups in total. The molecule has 2 rings (SSSR count). The van der Waals surface area contributed by atoms with Crippen LogP contribution in [0.2, 0.25) is 0 Å². The summed E-state index contributed by atoms with van der Waals surface area (Å²) in [5, 5.41) is 0. The van der Waals surface area contributed by atoms with Gasteiger partial charge in [0, 0.05) is 12.7 Å². The van der Waals surface area contributed by atoms with Gasteiger partial charge in [0.05, 0.1) is 17.8 Å². The molecule has 0 aromatic rings. The van der Waals surface area contributed by atoms with Gasteiger partial charge in [-0.25, -0.2) is 9.59 Å². The zero-order valence-corrected chi connectivity index (χ0v) is 14.8. The van der Waals surface area contributed by atoms with Crippen LogP contribution in [0.4, 0.5) is 0 Å². The Labute approximate surface area is 139 Å². The summed E-state index contributed by atoms with van der Waals surface area (Å²) in [5.41, 5.74) is 0.0520. The molecule has 0 radical (unpaired) electrons. The third kappa shape index (κ3) is 4.06. The summed E-state index contributed by atoms with van der Waals surface area (Å²) < 4.78 is 10.8. The molecular weight excluding hydrogens is 294 g/mol. The molecule has 1 atom stereocenters. The minimum absolute atomic E-state index is 0.127. The van der Waals surface area contributed by atoms with Crippen molar-refractivity contribution in [3.8, 4) is 0 Å². The Morgan fingerprint density at radius 1 is 1.04 bits per heavy atom. The van der Waals surface area contributed by atoms with Gasteiger partial charge in [-0.3, -0.25) is 0 Å². The van der Waals surface area contributed by atoms with Gasteiger partial charge in [0.2, 0.25) is 0 Å². The number of carbonyl (C=O) groups excluding carboxylic acids is 2. The SMILES string of the molecule is CC(C)OC(=O)C1=CN2CCCCC[C@@]2(C(=O)OC(C)C)CC1. The second-order valence-corrected chi connectivity index (χ2v) is 7.10. The van der Waals surface area contributed by atoms with Gasteiger partial charge in [0.25, 0.3) is 0 Å². The maximum atomic E-state index is 12.8. The zero-order valence-electron chi connectivity index (χ0n) is 14.8. The normalized spacial score (nSPS) is 24.8. The number of carbonyl (C=O) groups is 2. The van der Waals surface area contributed by atoms with Crippen LogP contribution in [0.3, 0.4) is 0 Å². The monoisotopic (exact) mass is 323 g/mol. The van der Waals surface area contributed by atoms with Gasteiger partial charge < -0.3 is 14.4 Å². The van der Waals surface area contributed by atoms with Crippen LogP contribution in [-0.2, 0) is 19.1 Å². The highest BCUT2D eigenvalue weighted by atomic mass is 16.5. The van der Waals surface area contributed by atoms with E-state index in [9.17, 15) is 9.59 Å². The van der Waals surface area contributed by atoms with Crippen molar-refractivity contribution in [3.63, 3.8) is 0 Å². The first-order valence-corrected chi connectivity index (χ1v) is 8.74. The van der Waals surface area contributed by atoms with Crippen molar-refractivity contribution in [1.29, 1.82) is 0 Å². The highest BCUT2D eigenvalue weighted by molar-refractivity contribution is 5.90. The summed E-state index contributed by atoms with van der Waals surface area (Å²) in [6.45, 7) is 8.22. The number of hydrogen-bond donors (Lipinski definition) is 0. The number of ether oxygens (including phenoxy) is 2. The lowest BCUT2D eigenvalue weighted by Crippen LogP contribution is -2.55. The summed E-state index contributed by atoms with van der Waals surface area (Å²) in [7, 11) is 0. The number of nitrogens with zero attached hydrogens (tertiary/aromatic N) is 1. The second kappa shape index (κ2) is 7.37. The fraction of sp³-hybridized carbons (Fsp3) is 0.778. The molecule has 0 aromatic heterocycles. The van der Waals surface area contributed by atoms with Crippen LogP contribution in [0.25, 0.3) is 0 Å². The third-order valence-corrected chi connectivity index (χ3v) is 4.49. The van der Waals surface area contributed by atoms with Gasteiger partial charge in [-0.1, -0.05) is 12.8 Å². The quantitative estimate of drug-likeness (QED) is 0.744. The number of fused-ring (bicyclic) bond motifs is 1. The van der Waals surface area contributed by atoms with E-state index in [1.165, 1.54) is 0 Å². The molecule has 0 unspecified atom stereocenters. The van der Waals surface area contributed by atoms with Gasteiger partial charge in [-0.15, -0.1) is 0 Å². The van der Waals surface area contributed by atoms with Gasteiger partial charge in [-0.05, 0) is 53.4 Å². The van der Waals surface area contributed by atoms with Crippen LogP contribution in [0.5, 0.6) is 0 Å². The molecule has 0 aromatic carbocycles. The summed E-state index contributed by atoms with van der Waals surface area (Å²) in [4.78, 5) is 27.0. The van der Waals surface area contributed by atoms with Gasteiger partial charge >= 0.3 is 11.9 Å². The van der Waals surface area contributed by atoms with Crippen molar-refractivity contribution in [2.24, 2.45) is 0 Å². The molecule has 2 heterocycles. The average molecular weight is 323 g/mol. The maximum absolute atomic E-state index is 12.8. The molecule has 1 saturated heterocycles. The van der Waals surface area contributed by atoms with E-state index in [0.29, 0.717) is 18.4 Å². The third-order valence-electron chi connectivity index (χ3n) is 4.49. The lowest BCUT2D eigenvalue weighted by molar-refractivity contribution is -0.163. The minimum atomic E-state index is -0.609. The van der Waals surface area contributed by atoms with E-state index >= 15 is 0 Å². The Morgan fingerprint density at radius 3 is 2.39 bits per heavy atom. The smallest absolute Gasteiger partial charge is 0.335 e. The van der Waals surface area contributed by atoms with Crippen LogP contribution in [0.1, 0.15) is 66.2 Å². The van der Waals surface area contributed by atoms with Crippen LogP contribution in [0.15, 0.2) is 11.8 Å². The van der Waals surface area contributed by atoms with E-state index in [2.05, 4.69) is 0 Å². The van der Waals surface area contributed by atoms with E-state index < -0.39 is 5.54 Å². The Bertz CT molecular complexity index is 483. The second-order valence-electron chi connectivity index (χ2n) is 7.10. The van der Waals surface area contributed by atoms with Crippen LogP contribution >= 0.6 is 0 Å². The van der Waals surface area contributed by atoms with E-state index in [0.717, 1.165) is 32.2 Å². The van der Waals surface area contributed by atoms with Gasteiger partial charge in [0.1, 0.15) is 5.54 Å². The fourth-order valence-electron chi connectivity index (χ4n) is 3.37. The zero-order chi connectivity index (χ0) is 17.0. The Balaban J connectivity index is 2.25. The van der Waals surface area contributed by atoms with Crippen LogP contribution in [0, 0.1) is 0 Å². The molecule has 0 amide bonds. The van der Waals surface area contributed by atoms with Crippen molar-refractivity contribution < 1.29 is 19.1 Å². The van der Waals surface area contributed by atoms with Gasteiger partial charge in [-0.2, -0.15) is 0 Å². The summed E-state index contributed by atoms with van der Waals surface area (Å²) >= 11 is 0. The Kier molecular flexibility index (Phi) is 5.71. The highest BCUT2D eigenvalue weighted by Crippen LogP contribution is 2.38. The molecule has 2 aliphatic heterocycles. The van der Waals surface area contributed by atoms with E-state index in [1.54, 1.807) is 0 Å². The molecule has 0 spiro atoms. The number of esters is 2. The summed E-state index contributed by atoms with van der Waals surface area (Å²) in [6.07, 6.45) is 6.72. The summed E-state index contributed by atoms with van der Waals surface area (Å²) in [5.74, 6) is -0.419.